The van der Waals surface area contributed by atoms with Gasteiger partial charge >= 0.3 is 0 Å². The lowest BCUT2D eigenvalue weighted by Gasteiger charge is -2.25. The molecule has 102 valence electrons. The number of rotatable bonds is 5. The van der Waals surface area contributed by atoms with E-state index in [1.54, 1.807) is 13.8 Å². The molecule has 8 heteroatoms. The van der Waals surface area contributed by atoms with Crippen molar-refractivity contribution in [2.45, 2.75) is 19.4 Å². The zero-order valence-electron chi connectivity index (χ0n) is 10.3. The molecule has 5 nitrogen and oxygen atoms in total. The minimum Gasteiger partial charge on any atom is -0.366 e. The Morgan fingerprint density at radius 2 is 2.00 bits per heavy atom. The van der Waals surface area contributed by atoms with Gasteiger partial charge in [0.2, 0.25) is 10.0 Å². The highest BCUT2D eigenvalue weighted by atomic mass is 32.2. The van der Waals surface area contributed by atoms with Crippen molar-refractivity contribution in [1.29, 1.82) is 0 Å². The van der Waals surface area contributed by atoms with E-state index in [1.807, 2.05) is 0 Å². The molecule has 1 aromatic heterocycles. The van der Waals surface area contributed by atoms with E-state index < -0.39 is 27.2 Å². The lowest BCUT2D eigenvalue weighted by atomic mass is 10.1. The summed E-state index contributed by atoms with van der Waals surface area (Å²) < 4.78 is 50.4. The SMILES string of the molecule is CC(C)(CNc1ncc(F)cc1F)NS(C)(=O)=O. The van der Waals surface area contributed by atoms with Gasteiger partial charge in [-0.2, -0.15) is 0 Å². The van der Waals surface area contributed by atoms with E-state index in [-0.39, 0.29) is 12.4 Å². The molecular weight excluding hydrogens is 264 g/mol. The second-order valence-corrected chi connectivity index (χ2v) is 6.34. The summed E-state index contributed by atoms with van der Waals surface area (Å²) in [7, 11) is -3.37. The number of aromatic nitrogens is 1. The highest BCUT2D eigenvalue weighted by molar-refractivity contribution is 7.88. The molecule has 1 rings (SSSR count). The molecule has 0 atom stereocenters. The van der Waals surface area contributed by atoms with Crippen molar-refractivity contribution < 1.29 is 17.2 Å². The number of sulfonamides is 1. The molecule has 2 N–H and O–H groups in total. The highest BCUT2D eigenvalue weighted by Crippen LogP contribution is 2.13. The highest BCUT2D eigenvalue weighted by Gasteiger charge is 2.22. The summed E-state index contributed by atoms with van der Waals surface area (Å²) in [6.45, 7) is 3.36. The van der Waals surface area contributed by atoms with Crippen molar-refractivity contribution in [3.05, 3.63) is 23.9 Å². The maximum absolute atomic E-state index is 13.3. The van der Waals surface area contributed by atoms with Gasteiger partial charge in [0.25, 0.3) is 0 Å². The molecule has 0 bridgehead atoms. The Hall–Kier alpha value is -1.28. The van der Waals surface area contributed by atoms with Crippen LogP contribution < -0.4 is 10.0 Å². The van der Waals surface area contributed by atoms with E-state index in [0.717, 1.165) is 12.5 Å². The smallest absolute Gasteiger partial charge is 0.209 e. The molecule has 0 saturated heterocycles. The van der Waals surface area contributed by atoms with Crippen LogP contribution in [-0.4, -0.2) is 31.7 Å². The van der Waals surface area contributed by atoms with Crippen LogP contribution in [0, 0.1) is 11.6 Å². The maximum atomic E-state index is 13.3. The molecule has 0 aliphatic rings. The lowest BCUT2D eigenvalue weighted by Crippen LogP contribution is -2.47. The van der Waals surface area contributed by atoms with Crippen LogP contribution in [0.5, 0.6) is 0 Å². The van der Waals surface area contributed by atoms with Crippen molar-refractivity contribution in [2.75, 3.05) is 18.1 Å². The Bertz CT molecular complexity index is 532. The predicted octanol–water partition coefficient (Wildman–Crippen LogP) is 1.10. The molecule has 18 heavy (non-hydrogen) atoms. The Morgan fingerprint density at radius 1 is 1.39 bits per heavy atom. The Balaban J connectivity index is 2.70. The zero-order chi connectivity index (χ0) is 14.0. The van der Waals surface area contributed by atoms with Crippen molar-refractivity contribution in [2.24, 2.45) is 0 Å². The summed E-state index contributed by atoms with van der Waals surface area (Å²) in [6, 6.07) is 0.701. The summed E-state index contributed by atoms with van der Waals surface area (Å²) in [4.78, 5) is 3.54. The summed E-state index contributed by atoms with van der Waals surface area (Å²) in [6.07, 6.45) is 1.91. The van der Waals surface area contributed by atoms with Gasteiger partial charge in [-0.25, -0.2) is 26.9 Å². The topological polar surface area (TPSA) is 71.1 Å². The molecule has 0 aliphatic heterocycles. The van der Waals surface area contributed by atoms with Gasteiger partial charge in [0.05, 0.1) is 12.5 Å². The largest absolute Gasteiger partial charge is 0.366 e. The van der Waals surface area contributed by atoms with Gasteiger partial charge in [0.15, 0.2) is 11.6 Å². The van der Waals surface area contributed by atoms with Crippen LogP contribution in [0.4, 0.5) is 14.6 Å². The van der Waals surface area contributed by atoms with Crippen LogP contribution in [0.2, 0.25) is 0 Å². The van der Waals surface area contributed by atoms with Crippen LogP contribution in [0.1, 0.15) is 13.8 Å². The minimum atomic E-state index is -3.37. The van der Waals surface area contributed by atoms with Crippen LogP contribution in [-0.2, 0) is 10.0 Å². The van der Waals surface area contributed by atoms with Gasteiger partial charge < -0.3 is 5.32 Å². The number of pyridine rings is 1. The van der Waals surface area contributed by atoms with Crippen LogP contribution in [0.25, 0.3) is 0 Å². The predicted molar refractivity (Wildman–Crippen MR) is 64.7 cm³/mol. The first kappa shape index (κ1) is 14.8. The summed E-state index contributed by atoms with van der Waals surface area (Å²) in [5.41, 5.74) is -0.823. The molecule has 0 saturated carbocycles. The molecule has 0 spiro atoms. The third-order valence-corrected chi connectivity index (χ3v) is 2.89. The van der Waals surface area contributed by atoms with Gasteiger partial charge in [-0.15, -0.1) is 0 Å². The fraction of sp³-hybridized carbons (Fsp3) is 0.500. The average Bonchev–Trinajstić information content (AvgIpc) is 2.12. The molecule has 0 fully saturated rings. The molecule has 0 radical (unpaired) electrons. The fourth-order valence-corrected chi connectivity index (χ4v) is 2.46. The van der Waals surface area contributed by atoms with E-state index in [2.05, 4.69) is 15.0 Å². The number of nitrogens with zero attached hydrogens (tertiary/aromatic N) is 1. The summed E-state index contributed by atoms with van der Waals surface area (Å²) >= 11 is 0. The first-order valence-corrected chi connectivity index (χ1v) is 7.02. The number of hydrogen-bond donors (Lipinski definition) is 2. The van der Waals surface area contributed by atoms with Crippen LogP contribution in [0.3, 0.4) is 0 Å². The maximum Gasteiger partial charge on any atom is 0.209 e. The summed E-state index contributed by atoms with van der Waals surface area (Å²) in [5.74, 6) is -1.73. The van der Waals surface area contributed by atoms with Gasteiger partial charge in [0.1, 0.15) is 5.82 Å². The molecule has 0 unspecified atom stereocenters. The molecule has 0 aliphatic carbocycles. The second-order valence-electron chi connectivity index (χ2n) is 4.60. The van der Waals surface area contributed by atoms with Crippen molar-refractivity contribution in [3.63, 3.8) is 0 Å². The monoisotopic (exact) mass is 279 g/mol. The van der Waals surface area contributed by atoms with E-state index in [4.69, 9.17) is 0 Å². The first-order chi connectivity index (χ1) is 8.09. The number of hydrogen-bond acceptors (Lipinski definition) is 4. The minimum absolute atomic E-state index is 0.107. The number of anilines is 1. The Morgan fingerprint density at radius 3 is 2.50 bits per heavy atom. The molecular formula is C10H15F2N3O2S. The quantitative estimate of drug-likeness (QED) is 0.846. The molecule has 1 heterocycles. The van der Waals surface area contributed by atoms with Crippen molar-refractivity contribution >= 4 is 15.8 Å². The third-order valence-electron chi connectivity index (χ3n) is 1.97. The number of halogens is 2. The van der Waals surface area contributed by atoms with E-state index in [1.165, 1.54) is 0 Å². The van der Waals surface area contributed by atoms with Gasteiger partial charge in [0, 0.05) is 18.2 Å². The van der Waals surface area contributed by atoms with Gasteiger partial charge in [-0.3, -0.25) is 0 Å². The molecule has 1 aromatic rings. The van der Waals surface area contributed by atoms with E-state index in [9.17, 15) is 17.2 Å². The summed E-state index contributed by atoms with van der Waals surface area (Å²) in [5, 5.41) is 2.62. The molecule has 0 amide bonds. The normalized spacial score (nSPS) is 12.5. The zero-order valence-corrected chi connectivity index (χ0v) is 11.1. The standard InChI is InChI=1S/C10H15F2N3O2S/c1-10(2,15-18(3,16)17)6-14-9-8(12)4-7(11)5-13-9/h4-5,15H,6H2,1-3H3,(H,13,14). The van der Waals surface area contributed by atoms with Crippen LogP contribution in [0.15, 0.2) is 12.3 Å². The van der Waals surface area contributed by atoms with E-state index in [0.29, 0.717) is 6.07 Å². The van der Waals surface area contributed by atoms with Crippen molar-refractivity contribution in [3.8, 4) is 0 Å². The molecule has 0 aromatic carbocycles. The Kier molecular flexibility index (Phi) is 4.23. The van der Waals surface area contributed by atoms with E-state index >= 15 is 0 Å². The van der Waals surface area contributed by atoms with Crippen molar-refractivity contribution in [1.82, 2.24) is 9.71 Å². The lowest BCUT2D eigenvalue weighted by molar-refractivity contribution is 0.474. The van der Waals surface area contributed by atoms with Gasteiger partial charge in [-0.05, 0) is 13.8 Å². The first-order valence-electron chi connectivity index (χ1n) is 5.13. The Labute approximate surface area is 105 Å². The second kappa shape index (κ2) is 5.15. The van der Waals surface area contributed by atoms with Crippen LogP contribution >= 0.6 is 0 Å². The fourth-order valence-electron chi connectivity index (χ4n) is 1.39. The third kappa shape index (κ3) is 4.92. The number of nitrogens with one attached hydrogen (secondary N) is 2. The average molecular weight is 279 g/mol. The van der Waals surface area contributed by atoms with Gasteiger partial charge in [-0.1, -0.05) is 0 Å².